The Morgan fingerprint density at radius 2 is 2.19 bits per heavy atom. The monoisotopic (exact) mass is 224 g/mol. The summed E-state index contributed by atoms with van der Waals surface area (Å²) in [5, 5.41) is 12.4. The van der Waals surface area contributed by atoms with Gasteiger partial charge < -0.3 is 10.4 Å². The van der Waals surface area contributed by atoms with Gasteiger partial charge in [0.25, 0.3) is 0 Å². The summed E-state index contributed by atoms with van der Waals surface area (Å²) in [5.41, 5.74) is 0.599. The number of carbonyl (C=O) groups is 1. The van der Waals surface area contributed by atoms with Gasteiger partial charge in [0.05, 0.1) is 0 Å². The van der Waals surface area contributed by atoms with Crippen LogP contribution in [0.1, 0.15) is 19.3 Å². The fraction of sp³-hybridized carbons (Fsp3) is 0.750. The Morgan fingerprint density at radius 3 is 2.81 bits per heavy atom. The molecule has 0 aromatic rings. The molecule has 1 fully saturated rings. The second-order valence-corrected chi connectivity index (χ2v) is 4.81. The highest BCUT2D eigenvalue weighted by Gasteiger charge is 2.29. The summed E-state index contributed by atoms with van der Waals surface area (Å²) in [6.45, 7) is 2.99. The van der Waals surface area contributed by atoms with Gasteiger partial charge in [0.1, 0.15) is 0 Å². The van der Waals surface area contributed by atoms with Crippen molar-refractivity contribution in [3.05, 3.63) is 11.6 Å². The molecule has 0 aromatic heterocycles. The van der Waals surface area contributed by atoms with E-state index in [9.17, 15) is 4.79 Å². The number of carboxylic acids is 1. The summed E-state index contributed by atoms with van der Waals surface area (Å²) in [5.74, 6) is -0.132. The zero-order chi connectivity index (χ0) is 11.5. The molecule has 16 heavy (non-hydrogen) atoms. The first-order valence-corrected chi connectivity index (χ1v) is 6.03. The lowest BCUT2D eigenvalue weighted by atomic mass is 9.86. The van der Waals surface area contributed by atoms with Gasteiger partial charge in [-0.25, -0.2) is 4.79 Å². The zero-order valence-corrected chi connectivity index (χ0v) is 9.78. The number of nitrogens with one attached hydrogen (secondary N) is 1. The number of hydrogen-bond donors (Lipinski definition) is 2. The van der Waals surface area contributed by atoms with E-state index < -0.39 is 5.97 Å². The molecule has 2 aliphatic rings. The van der Waals surface area contributed by atoms with Crippen LogP contribution in [0.25, 0.3) is 0 Å². The number of nitrogens with zero attached hydrogens (tertiary/aromatic N) is 1. The predicted molar refractivity (Wildman–Crippen MR) is 62.3 cm³/mol. The van der Waals surface area contributed by atoms with E-state index in [4.69, 9.17) is 5.11 Å². The van der Waals surface area contributed by atoms with Crippen molar-refractivity contribution >= 4 is 5.97 Å². The second-order valence-electron chi connectivity index (χ2n) is 4.81. The maximum atomic E-state index is 11.0. The predicted octanol–water partition coefficient (Wildman–Crippen LogP) is 0.701. The van der Waals surface area contributed by atoms with E-state index in [1.165, 1.54) is 0 Å². The SMILES string of the molecule is CN1CCC(C(=O)O)=CC1C1CCNCC1. The highest BCUT2D eigenvalue weighted by molar-refractivity contribution is 5.86. The zero-order valence-electron chi connectivity index (χ0n) is 9.78. The van der Waals surface area contributed by atoms with E-state index in [1.54, 1.807) is 0 Å². The van der Waals surface area contributed by atoms with E-state index in [0.29, 0.717) is 24.0 Å². The maximum absolute atomic E-state index is 11.0. The van der Waals surface area contributed by atoms with Crippen LogP contribution in [0.5, 0.6) is 0 Å². The van der Waals surface area contributed by atoms with Crippen molar-refractivity contribution in [3.8, 4) is 0 Å². The van der Waals surface area contributed by atoms with Crippen molar-refractivity contribution in [2.75, 3.05) is 26.7 Å². The molecule has 0 bridgehead atoms. The Kier molecular flexibility index (Phi) is 3.61. The van der Waals surface area contributed by atoms with Gasteiger partial charge in [-0.2, -0.15) is 0 Å². The fourth-order valence-electron chi connectivity index (χ4n) is 2.72. The molecule has 1 unspecified atom stereocenters. The van der Waals surface area contributed by atoms with Crippen molar-refractivity contribution in [1.29, 1.82) is 0 Å². The number of rotatable bonds is 2. The summed E-state index contributed by atoms with van der Waals surface area (Å²) >= 11 is 0. The average Bonchev–Trinajstić information content (AvgIpc) is 2.30. The van der Waals surface area contributed by atoms with Crippen LogP contribution in [0.15, 0.2) is 11.6 Å². The molecular weight excluding hydrogens is 204 g/mol. The van der Waals surface area contributed by atoms with Crippen LogP contribution in [0.2, 0.25) is 0 Å². The van der Waals surface area contributed by atoms with Crippen LogP contribution in [-0.4, -0.2) is 48.7 Å². The summed E-state index contributed by atoms with van der Waals surface area (Å²) in [4.78, 5) is 13.3. The first-order chi connectivity index (χ1) is 7.68. The lowest BCUT2D eigenvalue weighted by Crippen LogP contribution is -2.44. The molecule has 0 aromatic carbocycles. The lowest BCUT2D eigenvalue weighted by molar-refractivity contribution is -0.133. The Labute approximate surface area is 96.3 Å². The molecule has 4 nitrogen and oxygen atoms in total. The molecular formula is C12H20N2O2. The van der Waals surface area contributed by atoms with Crippen LogP contribution < -0.4 is 5.32 Å². The Morgan fingerprint density at radius 1 is 1.50 bits per heavy atom. The molecule has 1 saturated heterocycles. The van der Waals surface area contributed by atoms with Gasteiger partial charge in [-0.15, -0.1) is 0 Å². The van der Waals surface area contributed by atoms with Crippen molar-refractivity contribution in [3.63, 3.8) is 0 Å². The van der Waals surface area contributed by atoms with Crippen LogP contribution in [-0.2, 0) is 4.79 Å². The molecule has 2 heterocycles. The number of likely N-dealkylation sites (N-methyl/N-ethyl adjacent to an activating group) is 1. The van der Waals surface area contributed by atoms with Gasteiger partial charge in [-0.3, -0.25) is 4.90 Å². The normalized spacial score (nSPS) is 28.8. The van der Waals surface area contributed by atoms with E-state index >= 15 is 0 Å². The lowest BCUT2D eigenvalue weighted by Gasteiger charge is -2.38. The van der Waals surface area contributed by atoms with Gasteiger partial charge >= 0.3 is 5.97 Å². The quantitative estimate of drug-likeness (QED) is 0.725. The van der Waals surface area contributed by atoms with E-state index in [-0.39, 0.29) is 0 Å². The fourth-order valence-corrected chi connectivity index (χ4v) is 2.72. The summed E-state index contributed by atoms with van der Waals surface area (Å²) in [7, 11) is 2.10. The third-order valence-electron chi connectivity index (χ3n) is 3.76. The molecule has 2 N–H and O–H groups in total. The van der Waals surface area contributed by atoms with E-state index in [2.05, 4.69) is 17.3 Å². The Bertz CT molecular complexity index is 295. The van der Waals surface area contributed by atoms with Crippen LogP contribution in [0.4, 0.5) is 0 Å². The molecule has 90 valence electrons. The van der Waals surface area contributed by atoms with E-state index in [1.807, 2.05) is 6.08 Å². The molecule has 0 amide bonds. The average molecular weight is 224 g/mol. The van der Waals surface area contributed by atoms with Crippen molar-refractivity contribution in [1.82, 2.24) is 10.2 Å². The van der Waals surface area contributed by atoms with Crippen molar-refractivity contribution in [2.24, 2.45) is 5.92 Å². The number of carboxylic acid groups (broad SMARTS) is 1. The third-order valence-corrected chi connectivity index (χ3v) is 3.76. The van der Waals surface area contributed by atoms with Gasteiger partial charge in [-0.1, -0.05) is 6.08 Å². The minimum atomic E-state index is -0.743. The molecule has 2 aliphatic heterocycles. The molecule has 0 spiro atoms. The summed E-state index contributed by atoms with van der Waals surface area (Å²) in [6.07, 6.45) is 4.95. The van der Waals surface area contributed by atoms with Crippen LogP contribution in [0, 0.1) is 5.92 Å². The smallest absolute Gasteiger partial charge is 0.331 e. The molecule has 2 rings (SSSR count). The van der Waals surface area contributed by atoms with Gasteiger partial charge in [-0.05, 0) is 45.3 Å². The molecule has 0 aliphatic carbocycles. The number of aliphatic carboxylic acids is 1. The molecule has 1 atom stereocenters. The summed E-state index contributed by atoms with van der Waals surface area (Å²) in [6, 6.07) is 0.321. The minimum Gasteiger partial charge on any atom is -0.478 e. The van der Waals surface area contributed by atoms with E-state index in [0.717, 1.165) is 32.5 Å². The van der Waals surface area contributed by atoms with Crippen molar-refractivity contribution < 1.29 is 9.90 Å². The number of hydrogen-bond acceptors (Lipinski definition) is 3. The maximum Gasteiger partial charge on any atom is 0.331 e. The van der Waals surface area contributed by atoms with Gasteiger partial charge in [0, 0.05) is 18.2 Å². The van der Waals surface area contributed by atoms with Crippen LogP contribution in [0.3, 0.4) is 0 Å². The number of piperidine rings is 1. The first-order valence-electron chi connectivity index (χ1n) is 6.03. The third kappa shape index (κ3) is 2.44. The van der Waals surface area contributed by atoms with Crippen molar-refractivity contribution in [2.45, 2.75) is 25.3 Å². The summed E-state index contributed by atoms with van der Waals surface area (Å²) < 4.78 is 0. The molecule has 0 saturated carbocycles. The Hall–Kier alpha value is -0.870. The second kappa shape index (κ2) is 4.97. The topological polar surface area (TPSA) is 52.6 Å². The van der Waals surface area contributed by atoms with Crippen LogP contribution >= 0.6 is 0 Å². The minimum absolute atomic E-state index is 0.321. The molecule has 4 heteroatoms. The first kappa shape index (κ1) is 11.6. The Balaban J connectivity index is 2.10. The standard InChI is InChI=1S/C12H20N2O2/c1-14-7-4-10(12(15)16)8-11(14)9-2-5-13-6-3-9/h8-9,11,13H,2-7H2,1H3,(H,15,16). The largest absolute Gasteiger partial charge is 0.478 e. The van der Waals surface area contributed by atoms with Gasteiger partial charge in [0.2, 0.25) is 0 Å². The molecule has 0 radical (unpaired) electrons. The highest BCUT2D eigenvalue weighted by Crippen LogP contribution is 2.26. The highest BCUT2D eigenvalue weighted by atomic mass is 16.4. The van der Waals surface area contributed by atoms with Gasteiger partial charge in [0.15, 0.2) is 0 Å².